The number of H-pyrrole nitrogens is 1. The maximum absolute atomic E-state index is 13.6. The lowest BCUT2D eigenvalue weighted by atomic mass is 9.90. The van der Waals surface area contributed by atoms with Crippen LogP contribution in [0.25, 0.3) is 10.9 Å². The van der Waals surface area contributed by atoms with E-state index in [-0.39, 0.29) is 11.2 Å². The minimum Gasteiger partial charge on any atom is -0.316 e. The van der Waals surface area contributed by atoms with Gasteiger partial charge in [-0.3, -0.25) is 5.10 Å². The van der Waals surface area contributed by atoms with Gasteiger partial charge in [0, 0.05) is 16.5 Å². The van der Waals surface area contributed by atoms with E-state index in [0.29, 0.717) is 11.4 Å². The van der Waals surface area contributed by atoms with Crippen LogP contribution in [0.3, 0.4) is 0 Å². The maximum atomic E-state index is 13.6. The standard InChI is InChI=1S/C13H14FN3/c14-10-3-1-2-9-11(10)16-17-12(9)13-4-5-15-7-8(13)6-13/h1-3,8,15H,4-7H2,(H,16,17). The number of benzene rings is 1. The van der Waals surface area contributed by atoms with Crippen molar-refractivity contribution < 1.29 is 4.39 Å². The van der Waals surface area contributed by atoms with Gasteiger partial charge in [-0.25, -0.2) is 4.39 Å². The second-order valence-electron chi connectivity index (χ2n) is 5.25. The van der Waals surface area contributed by atoms with Crippen molar-refractivity contribution in [2.75, 3.05) is 13.1 Å². The van der Waals surface area contributed by atoms with Crippen molar-refractivity contribution in [3.8, 4) is 0 Å². The first-order valence-electron chi connectivity index (χ1n) is 6.15. The Bertz CT molecular complexity index is 591. The van der Waals surface area contributed by atoms with Crippen LogP contribution in [0, 0.1) is 11.7 Å². The summed E-state index contributed by atoms with van der Waals surface area (Å²) in [7, 11) is 0. The largest absolute Gasteiger partial charge is 0.316 e. The number of aromatic amines is 1. The van der Waals surface area contributed by atoms with Crippen LogP contribution in [0.15, 0.2) is 18.2 Å². The zero-order chi connectivity index (χ0) is 11.5. The number of hydrogen-bond acceptors (Lipinski definition) is 2. The Morgan fingerprint density at radius 1 is 1.41 bits per heavy atom. The molecule has 1 saturated heterocycles. The van der Waals surface area contributed by atoms with Crippen molar-refractivity contribution in [2.45, 2.75) is 18.3 Å². The molecular formula is C13H14FN3. The lowest BCUT2D eigenvalue weighted by molar-refractivity contribution is 0.439. The van der Waals surface area contributed by atoms with Gasteiger partial charge in [-0.05, 0) is 37.9 Å². The van der Waals surface area contributed by atoms with E-state index in [0.717, 1.165) is 30.6 Å². The summed E-state index contributed by atoms with van der Waals surface area (Å²) < 4.78 is 13.6. The topological polar surface area (TPSA) is 40.7 Å². The predicted octanol–water partition coefficient (Wildman–Crippen LogP) is 1.95. The Labute approximate surface area is 98.4 Å². The molecular weight excluding hydrogens is 217 g/mol. The second-order valence-corrected chi connectivity index (χ2v) is 5.25. The number of halogens is 1. The number of fused-ring (bicyclic) bond motifs is 2. The number of nitrogens with one attached hydrogen (secondary N) is 2. The van der Waals surface area contributed by atoms with Gasteiger partial charge in [0.2, 0.25) is 0 Å². The molecule has 0 amide bonds. The van der Waals surface area contributed by atoms with E-state index >= 15 is 0 Å². The molecule has 0 spiro atoms. The Balaban J connectivity index is 1.90. The highest BCUT2D eigenvalue weighted by atomic mass is 19.1. The first-order chi connectivity index (χ1) is 8.31. The van der Waals surface area contributed by atoms with Crippen LogP contribution in [0.4, 0.5) is 4.39 Å². The van der Waals surface area contributed by atoms with E-state index in [9.17, 15) is 4.39 Å². The summed E-state index contributed by atoms with van der Waals surface area (Å²) >= 11 is 0. The predicted molar refractivity (Wildman–Crippen MR) is 63.3 cm³/mol. The number of para-hydroxylation sites is 1. The van der Waals surface area contributed by atoms with Crippen molar-refractivity contribution in [3.05, 3.63) is 29.7 Å². The molecule has 2 aliphatic rings. The van der Waals surface area contributed by atoms with Gasteiger partial charge in [0.05, 0.1) is 0 Å². The zero-order valence-corrected chi connectivity index (χ0v) is 9.46. The maximum Gasteiger partial charge on any atom is 0.151 e. The molecule has 1 aromatic heterocycles. The third-order valence-corrected chi connectivity index (χ3v) is 4.40. The number of piperidine rings is 1. The summed E-state index contributed by atoms with van der Waals surface area (Å²) in [5.74, 6) is 0.468. The van der Waals surface area contributed by atoms with Gasteiger partial charge in [-0.1, -0.05) is 12.1 Å². The van der Waals surface area contributed by atoms with E-state index in [1.165, 1.54) is 12.5 Å². The third kappa shape index (κ3) is 1.16. The highest BCUT2D eigenvalue weighted by molar-refractivity contribution is 5.83. The molecule has 0 radical (unpaired) electrons. The van der Waals surface area contributed by atoms with Crippen LogP contribution < -0.4 is 5.32 Å². The van der Waals surface area contributed by atoms with Crippen LogP contribution >= 0.6 is 0 Å². The average Bonchev–Trinajstić information content (AvgIpc) is 2.93. The first kappa shape index (κ1) is 9.59. The van der Waals surface area contributed by atoms with Crippen molar-refractivity contribution in [2.24, 2.45) is 5.92 Å². The molecule has 1 aromatic carbocycles. The van der Waals surface area contributed by atoms with E-state index < -0.39 is 0 Å². The van der Waals surface area contributed by atoms with Crippen molar-refractivity contribution >= 4 is 10.9 Å². The Morgan fingerprint density at radius 3 is 3.24 bits per heavy atom. The minimum atomic E-state index is -0.229. The molecule has 1 aliphatic carbocycles. The van der Waals surface area contributed by atoms with Crippen molar-refractivity contribution in [1.82, 2.24) is 15.5 Å². The van der Waals surface area contributed by atoms with Gasteiger partial charge >= 0.3 is 0 Å². The van der Waals surface area contributed by atoms with Crippen molar-refractivity contribution in [3.63, 3.8) is 0 Å². The molecule has 2 N–H and O–H groups in total. The number of aromatic nitrogens is 2. The summed E-state index contributed by atoms with van der Waals surface area (Å²) in [6, 6.07) is 5.21. The summed E-state index contributed by atoms with van der Waals surface area (Å²) in [6.45, 7) is 2.13. The van der Waals surface area contributed by atoms with E-state index in [1.54, 1.807) is 6.07 Å². The molecule has 2 atom stereocenters. The van der Waals surface area contributed by atoms with Gasteiger partial charge in [0.15, 0.2) is 5.82 Å². The van der Waals surface area contributed by atoms with E-state index in [4.69, 9.17) is 0 Å². The molecule has 17 heavy (non-hydrogen) atoms. The average molecular weight is 231 g/mol. The fraction of sp³-hybridized carbons (Fsp3) is 0.462. The molecule has 3 nitrogen and oxygen atoms in total. The third-order valence-electron chi connectivity index (χ3n) is 4.40. The molecule has 2 heterocycles. The normalized spacial score (nSPS) is 31.5. The minimum absolute atomic E-state index is 0.229. The summed E-state index contributed by atoms with van der Waals surface area (Å²) in [6.07, 6.45) is 2.33. The van der Waals surface area contributed by atoms with Crippen LogP contribution in [0.5, 0.6) is 0 Å². The summed E-state index contributed by atoms with van der Waals surface area (Å²) in [4.78, 5) is 0. The molecule has 2 fully saturated rings. The van der Waals surface area contributed by atoms with Crippen LogP contribution in [-0.4, -0.2) is 23.3 Å². The van der Waals surface area contributed by atoms with Crippen LogP contribution in [0.1, 0.15) is 18.5 Å². The van der Waals surface area contributed by atoms with Gasteiger partial charge in [-0.15, -0.1) is 0 Å². The molecule has 4 rings (SSSR count). The molecule has 1 saturated carbocycles. The Kier molecular flexibility index (Phi) is 1.73. The molecule has 0 bridgehead atoms. The second kappa shape index (κ2) is 3.07. The molecule has 1 aliphatic heterocycles. The van der Waals surface area contributed by atoms with Crippen LogP contribution in [-0.2, 0) is 5.41 Å². The fourth-order valence-corrected chi connectivity index (χ4v) is 3.36. The van der Waals surface area contributed by atoms with Gasteiger partial charge in [0.25, 0.3) is 0 Å². The Morgan fingerprint density at radius 2 is 2.35 bits per heavy atom. The highest BCUT2D eigenvalue weighted by Gasteiger charge is 2.57. The van der Waals surface area contributed by atoms with E-state index in [1.807, 2.05) is 6.07 Å². The first-order valence-corrected chi connectivity index (χ1v) is 6.15. The molecule has 2 unspecified atom stereocenters. The van der Waals surface area contributed by atoms with Gasteiger partial charge in [0.1, 0.15) is 5.52 Å². The molecule has 2 aromatic rings. The molecule has 4 heteroatoms. The number of hydrogen-bond donors (Lipinski definition) is 2. The van der Waals surface area contributed by atoms with E-state index in [2.05, 4.69) is 15.5 Å². The lowest BCUT2D eigenvalue weighted by Crippen LogP contribution is -2.31. The van der Waals surface area contributed by atoms with Crippen LogP contribution in [0.2, 0.25) is 0 Å². The Hall–Kier alpha value is -1.42. The summed E-state index contributed by atoms with van der Waals surface area (Å²) in [5.41, 5.74) is 1.88. The smallest absolute Gasteiger partial charge is 0.151 e. The fourth-order valence-electron chi connectivity index (χ4n) is 3.36. The highest BCUT2D eigenvalue weighted by Crippen LogP contribution is 2.58. The SMILES string of the molecule is Fc1cccc2c(C34CCNCC3C4)[nH]nc12. The lowest BCUT2D eigenvalue weighted by Gasteiger charge is -2.21. The number of nitrogens with zero attached hydrogens (tertiary/aromatic N) is 1. The van der Waals surface area contributed by atoms with Gasteiger partial charge in [-0.2, -0.15) is 5.10 Å². The number of rotatable bonds is 1. The van der Waals surface area contributed by atoms with Gasteiger partial charge < -0.3 is 5.32 Å². The monoisotopic (exact) mass is 231 g/mol. The molecule has 88 valence electrons. The summed E-state index contributed by atoms with van der Waals surface area (Å²) in [5, 5.41) is 11.6. The zero-order valence-electron chi connectivity index (χ0n) is 9.46. The van der Waals surface area contributed by atoms with Crippen molar-refractivity contribution in [1.29, 1.82) is 0 Å². The quantitative estimate of drug-likeness (QED) is 0.787.